The van der Waals surface area contributed by atoms with Crippen LogP contribution in [0.15, 0.2) is 87.8 Å². The van der Waals surface area contributed by atoms with Gasteiger partial charge in [-0.25, -0.2) is 9.79 Å². The molecule has 5 rings (SSSR count). The number of carbonyl (C=O) groups excluding carboxylic acids is 1. The molecule has 10 heteroatoms. The van der Waals surface area contributed by atoms with Crippen LogP contribution in [0.3, 0.4) is 0 Å². The van der Waals surface area contributed by atoms with E-state index in [1.807, 2.05) is 48.5 Å². The maximum absolute atomic E-state index is 14.0. The molecular weight excluding hydrogens is 571 g/mol. The molecule has 0 saturated heterocycles. The summed E-state index contributed by atoms with van der Waals surface area (Å²) in [5, 5.41) is 1.04. The Morgan fingerprint density at radius 2 is 1.80 bits per heavy atom. The molecule has 40 heavy (non-hydrogen) atoms. The van der Waals surface area contributed by atoms with Gasteiger partial charge >= 0.3 is 5.97 Å². The summed E-state index contributed by atoms with van der Waals surface area (Å²) in [7, 11) is 2.81. The van der Waals surface area contributed by atoms with Crippen LogP contribution in [0.5, 0.6) is 11.5 Å². The van der Waals surface area contributed by atoms with Crippen LogP contribution in [0, 0.1) is 0 Å². The predicted octanol–water partition coefficient (Wildman–Crippen LogP) is 5.30. The van der Waals surface area contributed by atoms with Crippen LogP contribution in [0.1, 0.15) is 29.7 Å². The van der Waals surface area contributed by atoms with Crippen LogP contribution in [0.4, 0.5) is 0 Å². The van der Waals surface area contributed by atoms with Crippen molar-refractivity contribution in [1.29, 1.82) is 0 Å². The molecule has 1 aliphatic rings. The fraction of sp³-hybridized carbons (Fsp3) is 0.167. The number of thiazole rings is 1. The lowest BCUT2D eigenvalue weighted by Crippen LogP contribution is -2.40. The summed E-state index contributed by atoms with van der Waals surface area (Å²) in [5.41, 5.74) is 2.44. The van der Waals surface area contributed by atoms with Crippen LogP contribution in [-0.2, 0) is 16.1 Å². The third-order valence-corrected chi connectivity index (χ3v) is 8.05. The molecule has 1 atom stereocenters. The van der Waals surface area contributed by atoms with E-state index in [1.165, 1.54) is 30.1 Å². The second-order valence-electron chi connectivity index (χ2n) is 8.88. The minimum absolute atomic E-state index is 0.227. The van der Waals surface area contributed by atoms with Gasteiger partial charge in [-0.15, -0.1) is 0 Å². The molecule has 0 radical (unpaired) electrons. The number of nitrogens with zero attached hydrogens (tertiary/aromatic N) is 2. The number of fused-ring (bicyclic) bond motifs is 1. The first-order chi connectivity index (χ1) is 19.3. The zero-order chi connectivity index (χ0) is 28.4. The van der Waals surface area contributed by atoms with Gasteiger partial charge in [0, 0.05) is 26.7 Å². The molecule has 204 valence electrons. The van der Waals surface area contributed by atoms with Gasteiger partial charge in [-0.05, 0) is 43.3 Å². The highest BCUT2D eigenvalue weighted by Gasteiger charge is 2.35. The van der Waals surface area contributed by atoms with Crippen LogP contribution in [0.2, 0.25) is 10.0 Å². The summed E-state index contributed by atoms with van der Waals surface area (Å²) in [6.45, 7) is 1.98. The molecular formula is C30H24Cl2N2O5S. The summed E-state index contributed by atoms with van der Waals surface area (Å²) in [5.74, 6) is 0.465. The molecule has 0 unspecified atom stereocenters. The number of carbonyl (C=O) groups is 1. The van der Waals surface area contributed by atoms with E-state index in [2.05, 4.69) is 4.99 Å². The summed E-state index contributed by atoms with van der Waals surface area (Å²) >= 11 is 13.9. The summed E-state index contributed by atoms with van der Waals surface area (Å²) in [6.07, 6.45) is 1.76. The van der Waals surface area contributed by atoms with Gasteiger partial charge < -0.3 is 14.2 Å². The van der Waals surface area contributed by atoms with E-state index in [9.17, 15) is 9.59 Å². The third kappa shape index (κ3) is 5.30. The van der Waals surface area contributed by atoms with Gasteiger partial charge in [0.15, 0.2) is 4.80 Å². The standard InChI is InChI=1S/C30H24Cl2N2O5S/c1-17-26(29(36)38-3)27(21-15-20(31)12-13-24(21)37-2)34-28(35)25(40-30(34)33-17)14-18-8-5-7-11-23(18)39-16-19-9-4-6-10-22(19)32/h4-15,27H,16H2,1-3H3/b25-14-/t27-/m0/s1. The Bertz CT molecular complexity index is 1830. The van der Waals surface area contributed by atoms with Crippen molar-refractivity contribution in [2.75, 3.05) is 14.2 Å². The maximum atomic E-state index is 14.0. The number of para-hydroxylation sites is 1. The van der Waals surface area contributed by atoms with E-state index in [0.717, 1.165) is 5.56 Å². The van der Waals surface area contributed by atoms with Crippen molar-refractivity contribution in [2.24, 2.45) is 4.99 Å². The van der Waals surface area contributed by atoms with E-state index < -0.39 is 12.0 Å². The minimum Gasteiger partial charge on any atom is -0.496 e. The first-order valence-electron chi connectivity index (χ1n) is 12.2. The number of esters is 1. The molecule has 0 fully saturated rings. The number of halogens is 2. The molecule has 4 aromatic rings. The van der Waals surface area contributed by atoms with Gasteiger partial charge in [0.05, 0.1) is 30.0 Å². The SMILES string of the molecule is COC(=O)C1=C(C)N=c2s/c(=C\c3ccccc3OCc3ccccc3Cl)c(=O)n2[C@H]1c1cc(Cl)ccc1OC. The van der Waals surface area contributed by atoms with Gasteiger partial charge in [0.1, 0.15) is 24.1 Å². The van der Waals surface area contributed by atoms with E-state index in [4.69, 9.17) is 37.4 Å². The molecule has 0 spiro atoms. The largest absolute Gasteiger partial charge is 0.496 e. The van der Waals surface area contributed by atoms with Gasteiger partial charge in [0.2, 0.25) is 0 Å². The Kier molecular flexibility index (Phi) is 8.12. The Hall–Kier alpha value is -3.85. The van der Waals surface area contributed by atoms with Crippen molar-refractivity contribution < 1.29 is 19.0 Å². The molecule has 3 aromatic carbocycles. The van der Waals surface area contributed by atoms with Crippen molar-refractivity contribution in [1.82, 2.24) is 4.57 Å². The quantitative estimate of drug-likeness (QED) is 0.271. The van der Waals surface area contributed by atoms with E-state index in [-0.39, 0.29) is 17.7 Å². The predicted molar refractivity (Wildman–Crippen MR) is 156 cm³/mol. The van der Waals surface area contributed by atoms with Gasteiger partial charge in [0.25, 0.3) is 5.56 Å². The monoisotopic (exact) mass is 594 g/mol. The minimum atomic E-state index is -0.855. The lowest BCUT2D eigenvalue weighted by molar-refractivity contribution is -0.136. The van der Waals surface area contributed by atoms with Gasteiger partial charge in [-0.2, -0.15) is 0 Å². The molecule has 0 saturated carbocycles. The summed E-state index contributed by atoms with van der Waals surface area (Å²) < 4.78 is 18.7. The Labute approximate surface area is 244 Å². The van der Waals surface area contributed by atoms with E-state index >= 15 is 0 Å². The van der Waals surface area contributed by atoms with Crippen molar-refractivity contribution in [3.63, 3.8) is 0 Å². The first kappa shape index (κ1) is 27.7. The summed E-state index contributed by atoms with van der Waals surface area (Å²) in [4.78, 5) is 32.0. The van der Waals surface area contributed by atoms with Crippen LogP contribution in [0.25, 0.3) is 6.08 Å². The zero-order valence-electron chi connectivity index (χ0n) is 21.8. The van der Waals surface area contributed by atoms with Gasteiger partial charge in [-0.3, -0.25) is 9.36 Å². The topological polar surface area (TPSA) is 79.1 Å². The normalized spacial score (nSPS) is 14.9. The highest BCUT2D eigenvalue weighted by Crippen LogP contribution is 2.37. The zero-order valence-corrected chi connectivity index (χ0v) is 24.1. The Morgan fingerprint density at radius 3 is 2.55 bits per heavy atom. The second kappa shape index (κ2) is 11.7. The number of hydrogen-bond acceptors (Lipinski definition) is 7. The second-order valence-corrected chi connectivity index (χ2v) is 10.7. The summed E-state index contributed by atoms with van der Waals surface area (Å²) in [6, 6.07) is 19.1. The number of rotatable bonds is 7. The number of hydrogen-bond donors (Lipinski definition) is 0. The van der Waals surface area contributed by atoms with Crippen molar-refractivity contribution >= 4 is 46.6 Å². The smallest absolute Gasteiger partial charge is 0.338 e. The molecule has 7 nitrogen and oxygen atoms in total. The van der Waals surface area contributed by atoms with Crippen LogP contribution >= 0.6 is 34.5 Å². The van der Waals surface area contributed by atoms with Gasteiger partial charge in [-0.1, -0.05) is 70.9 Å². The Morgan fingerprint density at radius 1 is 1.05 bits per heavy atom. The average molecular weight is 596 g/mol. The number of methoxy groups -OCH3 is 2. The molecule has 1 aromatic heterocycles. The molecule has 0 amide bonds. The van der Waals surface area contributed by atoms with Crippen molar-refractivity contribution in [3.8, 4) is 11.5 Å². The van der Waals surface area contributed by atoms with Crippen molar-refractivity contribution in [3.05, 3.63) is 124 Å². The van der Waals surface area contributed by atoms with E-state index in [0.29, 0.717) is 47.7 Å². The van der Waals surface area contributed by atoms with E-state index in [1.54, 1.807) is 31.2 Å². The van der Waals surface area contributed by atoms with Crippen LogP contribution < -0.4 is 24.4 Å². The molecule has 0 aliphatic carbocycles. The highest BCUT2D eigenvalue weighted by atomic mass is 35.5. The third-order valence-electron chi connectivity index (χ3n) is 6.46. The number of allylic oxidation sites excluding steroid dienone is 1. The lowest BCUT2D eigenvalue weighted by atomic mass is 9.95. The Balaban J connectivity index is 1.65. The highest BCUT2D eigenvalue weighted by molar-refractivity contribution is 7.07. The molecule has 1 aliphatic heterocycles. The number of benzene rings is 3. The van der Waals surface area contributed by atoms with Crippen LogP contribution in [-0.4, -0.2) is 24.8 Å². The number of aromatic nitrogens is 1. The molecule has 2 heterocycles. The molecule has 0 N–H and O–H groups in total. The lowest BCUT2D eigenvalue weighted by Gasteiger charge is -2.25. The maximum Gasteiger partial charge on any atom is 0.338 e. The van der Waals surface area contributed by atoms with Crippen molar-refractivity contribution in [2.45, 2.75) is 19.6 Å². The molecule has 0 bridgehead atoms. The average Bonchev–Trinajstić information content (AvgIpc) is 3.26. The number of ether oxygens (including phenoxy) is 3. The first-order valence-corrected chi connectivity index (χ1v) is 13.8. The fourth-order valence-electron chi connectivity index (χ4n) is 4.55. The fourth-order valence-corrected chi connectivity index (χ4v) is 5.96.